The van der Waals surface area contributed by atoms with Gasteiger partial charge >= 0.3 is 5.97 Å². The van der Waals surface area contributed by atoms with E-state index >= 15 is 0 Å². The molecule has 1 atom stereocenters. The smallest absolute Gasteiger partial charge is 0.330 e. The van der Waals surface area contributed by atoms with Crippen LogP contribution in [0, 0.1) is 6.92 Å². The van der Waals surface area contributed by atoms with Gasteiger partial charge in [0.2, 0.25) is 0 Å². The van der Waals surface area contributed by atoms with Crippen LogP contribution in [-0.4, -0.2) is 40.6 Å². The lowest BCUT2D eigenvalue weighted by molar-refractivity contribution is -0.146. The van der Waals surface area contributed by atoms with Crippen molar-refractivity contribution >= 4 is 35.2 Å². The quantitative estimate of drug-likeness (QED) is 0.865. The van der Waals surface area contributed by atoms with Crippen LogP contribution >= 0.6 is 23.4 Å². The van der Waals surface area contributed by atoms with Gasteiger partial charge < -0.3 is 15.2 Å². The van der Waals surface area contributed by atoms with Gasteiger partial charge in [-0.2, -0.15) is 11.8 Å². The van der Waals surface area contributed by atoms with Gasteiger partial charge in [0.1, 0.15) is 11.3 Å². The number of carboxylic acids is 1. The van der Waals surface area contributed by atoms with E-state index in [1.807, 2.05) is 6.92 Å². The van der Waals surface area contributed by atoms with Gasteiger partial charge in [0.25, 0.3) is 5.91 Å². The lowest BCUT2D eigenvalue weighted by Gasteiger charge is -2.24. The molecule has 1 saturated heterocycles. The standard InChI is InChI=1S/C14H16ClNO4S/c1-9-6-10(15)2-3-11(9)20-7-12(17)16-14(13(18)19)4-5-21-8-14/h2-3,6H,4-5,7-8H2,1H3,(H,16,17)(H,18,19). The third-order valence-corrected chi connectivity index (χ3v) is 4.73. The van der Waals surface area contributed by atoms with Gasteiger partial charge in [0.15, 0.2) is 6.61 Å². The Morgan fingerprint density at radius 1 is 1.52 bits per heavy atom. The van der Waals surface area contributed by atoms with Crippen molar-refractivity contribution in [1.82, 2.24) is 5.32 Å². The van der Waals surface area contributed by atoms with E-state index in [4.69, 9.17) is 16.3 Å². The molecule has 1 amide bonds. The van der Waals surface area contributed by atoms with Gasteiger partial charge in [-0.25, -0.2) is 4.79 Å². The van der Waals surface area contributed by atoms with Crippen molar-refractivity contribution in [2.75, 3.05) is 18.1 Å². The number of thioether (sulfide) groups is 1. The molecule has 7 heteroatoms. The SMILES string of the molecule is Cc1cc(Cl)ccc1OCC(=O)NC1(C(=O)O)CCSC1. The molecule has 1 heterocycles. The Balaban J connectivity index is 1.94. The zero-order valence-electron chi connectivity index (χ0n) is 11.5. The number of hydrogen-bond donors (Lipinski definition) is 2. The predicted molar refractivity (Wildman–Crippen MR) is 82.1 cm³/mol. The highest BCUT2D eigenvalue weighted by Crippen LogP contribution is 2.28. The van der Waals surface area contributed by atoms with Gasteiger partial charge in [0.05, 0.1) is 0 Å². The van der Waals surface area contributed by atoms with Gasteiger partial charge in [-0.3, -0.25) is 4.79 Å². The molecule has 1 aromatic rings. The lowest BCUT2D eigenvalue weighted by atomic mass is 9.99. The first-order valence-electron chi connectivity index (χ1n) is 6.44. The molecule has 1 unspecified atom stereocenters. The third kappa shape index (κ3) is 3.83. The number of aliphatic carboxylic acids is 1. The second-order valence-electron chi connectivity index (χ2n) is 4.94. The first-order chi connectivity index (χ1) is 9.93. The maximum Gasteiger partial charge on any atom is 0.330 e. The zero-order valence-corrected chi connectivity index (χ0v) is 13.1. The number of halogens is 1. The second kappa shape index (κ2) is 6.58. The molecule has 1 aliphatic heterocycles. The van der Waals surface area contributed by atoms with Crippen LogP contribution in [0.3, 0.4) is 0 Å². The van der Waals surface area contributed by atoms with Crippen molar-refractivity contribution in [3.05, 3.63) is 28.8 Å². The summed E-state index contributed by atoms with van der Waals surface area (Å²) in [7, 11) is 0. The summed E-state index contributed by atoms with van der Waals surface area (Å²) in [5.74, 6) is 0.232. The van der Waals surface area contributed by atoms with Crippen LogP contribution in [0.2, 0.25) is 5.02 Å². The minimum Gasteiger partial charge on any atom is -0.484 e. The fourth-order valence-corrected chi connectivity index (χ4v) is 3.66. The molecular weight excluding hydrogens is 314 g/mol. The molecule has 0 radical (unpaired) electrons. The highest BCUT2D eigenvalue weighted by atomic mass is 35.5. The van der Waals surface area contributed by atoms with Gasteiger partial charge in [-0.15, -0.1) is 0 Å². The van der Waals surface area contributed by atoms with Gasteiger partial charge in [-0.05, 0) is 42.9 Å². The summed E-state index contributed by atoms with van der Waals surface area (Å²) in [4.78, 5) is 23.3. The molecule has 0 saturated carbocycles. The number of ether oxygens (including phenoxy) is 1. The van der Waals surface area contributed by atoms with E-state index in [9.17, 15) is 14.7 Å². The largest absolute Gasteiger partial charge is 0.484 e. The van der Waals surface area contributed by atoms with Crippen LogP contribution in [-0.2, 0) is 9.59 Å². The fraction of sp³-hybridized carbons (Fsp3) is 0.429. The number of nitrogens with one attached hydrogen (secondary N) is 1. The van der Waals surface area contributed by atoms with Crippen LogP contribution < -0.4 is 10.1 Å². The van der Waals surface area contributed by atoms with Crippen LogP contribution in [0.25, 0.3) is 0 Å². The number of rotatable bonds is 5. The van der Waals surface area contributed by atoms with E-state index in [0.717, 1.165) is 11.3 Å². The number of carbonyl (C=O) groups excluding carboxylic acids is 1. The Bertz CT molecular complexity index is 558. The molecule has 1 aromatic carbocycles. The van der Waals surface area contributed by atoms with Crippen molar-refractivity contribution in [3.8, 4) is 5.75 Å². The minimum atomic E-state index is -1.17. The maximum absolute atomic E-state index is 11.9. The topological polar surface area (TPSA) is 75.6 Å². The Labute approximate surface area is 132 Å². The average Bonchev–Trinajstić information content (AvgIpc) is 2.87. The summed E-state index contributed by atoms with van der Waals surface area (Å²) in [5, 5.41) is 12.5. The summed E-state index contributed by atoms with van der Waals surface area (Å²) in [5.41, 5.74) is -0.347. The van der Waals surface area contributed by atoms with E-state index in [2.05, 4.69) is 5.32 Å². The Morgan fingerprint density at radius 2 is 2.29 bits per heavy atom. The van der Waals surface area contributed by atoms with E-state index in [0.29, 0.717) is 22.9 Å². The molecule has 0 bridgehead atoms. The summed E-state index contributed by atoms with van der Waals surface area (Å²) in [6.45, 7) is 1.60. The van der Waals surface area contributed by atoms with Crippen molar-refractivity contribution in [2.24, 2.45) is 0 Å². The molecule has 5 nitrogen and oxygen atoms in total. The number of carbonyl (C=O) groups is 2. The lowest BCUT2D eigenvalue weighted by Crippen LogP contribution is -2.55. The van der Waals surface area contributed by atoms with Gasteiger partial charge in [0, 0.05) is 10.8 Å². The van der Waals surface area contributed by atoms with Crippen molar-refractivity contribution < 1.29 is 19.4 Å². The molecule has 21 heavy (non-hydrogen) atoms. The molecule has 2 rings (SSSR count). The molecule has 114 valence electrons. The first kappa shape index (κ1) is 16.0. The summed E-state index contributed by atoms with van der Waals surface area (Å²) < 4.78 is 5.42. The summed E-state index contributed by atoms with van der Waals surface area (Å²) in [6, 6.07) is 5.10. The van der Waals surface area contributed by atoms with E-state index in [1.54, 1.807) is 18.2 Å². The minimum absolute atomic E-state index is 0.220. The highest BCUT2D eigenvalue weighted by molar-refractivity contribution is 7.99. The molecule has 0 aromatic heterocycles. The molecular formula is C14H16ClNO4S. The highest BCUT2D eigenvalue weighted by Gasteiger charge is 2.43. The van der Waals surface area contributed by atoms with Crippen LogP contribution in [0.5, 0.6) is 5.75 Å². The Kier molecular flexibility index (Phi) is 5.00. The summed E-state index contributed by atoms with van der Waals surface area (Å²) >= 11 is 7.36. The van der Waals surface area contributed by atoms with E-state index in [-0.39, 0.29) is 6.61 Å². The number of aryl methyl sites for hydroxylation is 1. The van der Waals surface area contributed by atoms with Crippen LogP contribution in [0.1, 0.15) is 12.0 Å². The average molecular weight is 330 g/mol. The number of hydrogen-bond acceptors (Lipinski definition) is 4. The second-order valence-corrected chi connectivity index (χ2v) is 6.48. The first-order valence-corrected chi connectivity index (χ1v) is 7.97. The zero-order chi connectivity index (χ0) is 15.5. The Hall–Kier alpha value is -1.40. The summed E-state index contributed by atoms with van der Waals surface area (Å²) in [6.07, 6.45) is 0.429. The van der Waals surface area contributed by atoms with Crippen LogP contribution in [0.15, 0.2) is 18.2 Å². The van der Waals surface area contributed by atoms with Crippen molar-refractivity contribution in [3.63, 3.8) is 0 Å². The van der Waals surface area contributed by atoms with Crippen molar-refractivity contribution in [2.45, 2.75) is 18.9 Å². The number of amides is 1. The fourth-order valence-electron chi connectivity index (χ4n) is 2.11. The van der Waals surface area contributed by atoms with E-state index in [1.165, 1.54) is 11.8 Å². The normalized spacial score (nSPS) is 21.0. The molecule has 0 aliphatic carbocycles. The predicted octanol–water partition coefficient (Wildman–Crippen LogP) is 2.10. The van der Waals surface area contributed by atoms with Crippen LogP contribution in [0.4, 0.5) is 0 Å². The third-order valence-electron chi connectivity index (χ3n) is 3.31. The maximum atomic E-state index is 11.9. The monoisotopic (exact) mass is 329 g/mol. The van der Waals surface area contributed by atoms with E-state index < -0.39 is 17.4 Å². The number of carboxylic acid groups (broad SMARTS) is 1. The number of benzene rings is 1. The molecule has 0 spiro atoms. The van der Waals surface area contributed by atoms with Gasteiger partial charge in [-0.1, -0.05) is 11.6 Å². The molecule has 1 fully saturated rings. The molecule has 1 aliphatic rings. The molecule has 2 N–H and O–H groups in total. The Morgan fingerprint density at radius 3 is 2.86 bits per heavy atom. The van der Waals surface area contributed by atoms with Crippen molar-refractivity contribution in [1.29, 1.82) is 0 Å².